The van der Waals surface area contributed by atoms with Gasteiger partial charge in [-0.15, -0.1) is 13.2 Å². The van der Waals surface area contributed by atoms with Gasteiger partial charge >= 0.3 is 12.3 Å². The fraction of sp³-hybridized carbons (Fsp3) is 0.364. The number of carboxylic acid groups (broad SMARTS) is 1. The first-order chi connectivity index (χ1) is 15.2. The molecule has 172 valence electrons. The molecule has 1 saturated heterocycles. The first-order valence-electron chi connectivity index (χ1n) is 10.1. The zero-order chi connectivity index (χ0) is 23.1. The number of anilines is 1. The Morgan fingerprint density at radius 1 is 0.938 bits per heavy atom. The molecule has 0 radical (unpaired) electrons. The lowest BCUT2D eigenvalue weighted by atomic mass is 10.1. The molecule has 7 nitrogen and oxygen atoms in total. The van der Waals surface area contributed by atoms with Crippen LogP contribution in [-0.4, -0.2) is 65.9 Å². The third-order valence-corrected chi connectivity index (χ3v) is 5.03. The third-order valence-electron chi connectivity index (χ3n) is 5.03. The summed E-state index contributed by atoms with van der Waals surface area (Å²) in [7, 11) is 0. The van der Waals surface area contributed by atoms with Gasteiger partial charge in [0.25, 0.3) is 0 Å². The van der Waals surface area contributed by atoms with Crippen molar-refractivity contribution in [3.05, 3.63) is 59.7 Å². The number of nitrogens with zero attached hydrogens (tertiary/aromatic N) is 2. The summed E-state index contributed by atoms with van der Waals surface area (Å²) in [4.78, 5) is 27.6. The molecule has 1 heterocycles. The quantitative estimate of drug-likeness (QED) is 0.671. The number of hydrogen-bond acceptors (Lipinski definition) is 5. The minimum atomic E-state index is -4.76. The van der Waals surface area contributed by atoms with E-state index in [2.05, 4.69) is 15.0 Å². The molecule has 0 bridgehead atoms. The molecule has 0 aromatic heterocycles. The molecule has 2 aromatic carbocycles. The number of ether oxygens (including phenoxy) is 1. The monoisotopic (exact) mass is 451 g/mol. The smallest absolute Gasteiger partial charge is 0.478 e. The Balaban J connectivity index is 1.45. The highest BCUT2D eigenvalue weighted by molar-refractivity contribution is 5.92. The van der Waals surface area contributed by atoms with Crippen molar-refractivity contribution in [3.8, 4) is 5.75 Å². The molecule has 32 heavy (non-hydrogen) atoms. The van der Waals surface area contributed by atoms with Gasteiger partial charge in [0, 0.05) is 25.3 Å². The van der Waals surface area contributed by atoms with E-state index in [1.54, 1.807) is 12.1 Å². The Bertz CT molecular complexity index is 918. The fourth-order valence-corrected chi connectivity index (χ4v) is 3.50. The molecule has 2 aromatic rings. The summed E-state index contributed by atoms with van der Waals surface area (Å²) in [6.07, 6.45) is -3.88. The predicted molar refractivity (Wildman–Crippen MR) is 111 cm³/mol. The van der Waals surface area contributed by atoms with Crippen molar-refractivity contribution in [2.45, 2.75) is 19.3 Å². The predicted octanol–water partition coefficient (Wildman–Crippen LogP) is 3.43. The minimum absolute atomic E-state index is 0.182. The van der Waals surface area contributed by atoms with Crippen LogP contribution in [0, 0.1) is 0 Å². The van der Waals surface area contributed by atoms with Gasteiger partial charge < -0.3 is 15.2 Å². The van der Waals surface area contributed by atoms with Crippen molar-refractivity contribution < 1.29 is 32.6 Å². The van der Waals surface area contributed by atoms with Crippen LogP contribution in [0.25, 0.3) is 0 Å². The zero-order valence-corrected chi connectivity index (χ0v) is 17.3. The molecule has 0 unspecified atom stereocenters. The number of rotatable bonds is 7. The van der Waals surface area contributed by atoms with Gasteiger partial charge in [0.1, 0.15) is 5.75 Å². The van der Waals surface area contributed by atoms with Crippen LogP contribution in [0.3, 0.4) is 0 Å². The number of nitrogens with one attached hydrogen (secondary N) is 1. The SMILES string of the molecule is O=C(CN1CCCN(Cc2ccc(C(=O)O)cc2)CC1)Nc1ccc(OC(F)(F)F)cc1. The normalized spacial score (nSPS) is 15.7. The third kappa shape index (κ3) is 7.54. The Morgan fingerprint density at radius 3 is 2.19 bits per heavy atom. The molecule has 3 rings (SSSR count). The largest absolute Gasteiger partial charge is 0.573 e. The molecule has 0 atom stereocenters. The minimum Gasteiger partial charge on any atom is -0.478 e. The summed E-state index contributed by atoms with van der Waals surface area (Å²) in [5, 5.41) is 11.7. The van der Waals surface area contributed by atoms with Crippen LogP contribution < -0.4 is 10.1 Å². The van der Waals surface area contributed by atoms with E-state index in [1.807, 2.05) is 17.0 Å². The van der Waals surface area contributed by atoms with E-state index >= 15 is 0 Å². The van der Waals surface area contributed by atoms with E-state index in [0.29, 0.717) is 18.8 Å². The number of alkyl halides is 3. The van der Waals surface area contributed by atoms with Gasteiger partial charge in [-0.25, -0.2) is 4.79 Å². The number of carbonyl (C=O) groups is 2. The lowest BCUT2D eigenvalue weighted by Gasteiger charge is -2.21. The van der Waals surface area contributed by atoms with Gasteiger partial charge in [-0.05, 0) is 61.5 Å². The van der Waals surface area contributed by atoms with E-state index in [0.717, 1.165) is 43.8 Å². The van der Waals surface area contributed by atoms with E-state index < -0.39 is 12.3 Å². The van der Waals surface area contributed by atoms with E-state index in [4.69, 9.17) is 5.11 Å². The second kappa shape index (κ2) is 10.5. The standard InChI is InChI=1S/C22H24F3N3O4/c23-22(24,25)32-19-8-6-18(7-9-19)26-20(29)15-28-11-1-10-27(12-13-28)14-16-2-4-17(5-3-16)21(30)31/h2-9H,1,10-15H2,(H,26,29)(H,30,31). The van der Waals surface area contributed by atoms with E-state index in [1.165, 1.54) is 12.1 Å². The molecule has 0 saturated carbocycles. The molecule has 0 spiro atoms. The van der Waals surface area contributed by atoms with Crippen LogP contribution >= 0.6 is 0 Å². The number of benzene rings is 2. The number of carboxylic acids is 1. The van der Waals surface area contributed by atoms with Crippen LogP contribution in [0.5, 0.6) is 5.75 Å². The van der Waals surface area contributed by atoms with E-state index in [9.17, 15) is 22.8 Å². The maximum atomic E-state index is 12.3. The van der Waals surface area contributed by atoms with E-state index in [-0.39, 0.29) is 23.8 Å². The second-order valence-corrected chi connectivity index (χ2v) is 7.53. The Labute approximate surface area is 183 Å². The van der Waals surface area contributed by atoms with Gasteiger partial charge in [0.15, 0.2) is 0 Å². The number of hydrogen-bond donors (Lipinski definition) is 2. The molecule has 1 aliphatic rings. The molecular formula is C22H24F3N3O4. The van der Waals surface area contributed by atoms with Crippen molar-refractivity contribution in [2.75, 3.05) is 38.0 Å². The summed E-state index contributed by atoms with van der Waals surface area (Å²) in [5.41, 5.74) is 1.68. The first kappa shape index (κ1) is 23.6. The number of carbonyl (C=O) groups excluding carboxylic acids is 1. The van der Waals surface area contributed by atoms with Gasteiger partial charge in [-0.3, -0.25) is 14.6 Å². The average molecular weight is 451 g/mol. The zero-order valence-electron chi connectivity index (χ0n) is 17.3. The molecular weight excluding hydrogens is 427 g/mol. The number of aromatic carboxylic acids is 1. The lowest BCUT2D eigenvalue weighted by Crippen LogP contribution is -2.36. The molecule has 2 N–H and O–H groups in total. The van der Waals surface area contributed by atoms with Crippen LogP contribution in [0.15, 0.2) is 48.5 Å². The highest BCUT2D eigenvalue weighted by Crippen LogP contribution is 2.24. The molecule has 1 aliphatic heterocycles. The molecule has 0 aliphatic carbocycles. The van der Waals surface area contributed by atoms with Crippen LogP contribution in [0.1, 0.15) is 22.3 Å². The van der Waals surface area contributed by atoms with Gasteiger partial charge in [-0.2, -0.15) is 0 Å². The average Bonchev–Trinajstić information content (AvgIpc) is 2.94. The van der Waals surface area contributed by atoms with Crippen LogP contribution in [-0.2, 0) is 11.3 Å². The Morgan fingerprint density at radius 2 is 1.56 bits per heavy atom. The van der Waals surface area contributed by atoms with Crippen LogP contribution in [0.4, 0.5) is 18.9 Å². The van der Waals surface area contributed by atoms with Crippen molar-refractivity contribution in [1.82, 2.24) is 9.80 Å². The van der Waals surface area contributed by atoms with Crippen molar-refractivity contribution >= 4 is 17.6 Å². The van der Waals surface area contributed by atoms with Crippen molar-refractivity contribution in [1.29, 1.82) is 0 Å². The first-order valence-corrected chi connectivity index (χ1v) is 10.1. The molecule has 10 heteroatoms. The van der Waals surface area contributed by atoms with Crippen molar-refractivity contribution in [2.24, 2.45) is 0 Å². The number of amides is 1. The maximum Gasteiger partial charge on any atom is 0.573 e. The maximum absolute atomic E-state index is 12.3. The van der Waals surface area contributed by atoms with Crippen molar-refractivity contribution in [3.63, 3.8) is 0 Å². The topological polar surface area (TPSA) is 82.1 Å². The van der Waals surface area contributed by atoms with Gasteiger partial charge in [0.05, 0.1) is 12.1 Å². The second-order valence-electron chi connectivity index (χ2n) is 7.53. The summed E-state index contributed by atoms with van der Waals surface area (Å²) in [5.74, 6) is -1.54. The molecule has 1 amide bonds. The summed E-state index contributed by atoms with van der Waals surface area (Å²) >= 11 is 0. The summed E-state index contributed by atoms with van der Waals surface area (Å²) in [6.45, 7) is 3.95. The fourth-order valence-electron chi connectivity index (χ4n) is 3.50. The lowest BCUT2D eigenvalue weighted by molar-refractivity contribution is -0.274. The summed E-state index contributed by atoms with van der Waals surface area (Å²) < 4.78 is 40.5. The molecule has 1 fully saturated rings. The van der Waals surface area contributed by atoms with Gasteiger partial charge in [-0.1, -0.05) is 12.1 Å². The Hall–Kier alpha value is -3.11. The highest BCUT2D eigenvalue weighted by Gasteiger charge is 2.31. The summed E-state index contributed by atoms with van der Waals surface area (Å²) in [6, 6.07) is 11.8. The Kier molecular flexibility index (Phi) is 7.70. The van der Waals surface area contributed by atoms with Crippen LogP contribution in [0.2, 0.25) is 0 Å². The number of halogens is 3. The van der Waals surface area contributed by atoms with Gasteiger partial charge in [0.2, 0.25) is 5.91 Å². The highest BCUT2D eigenvalue weighted by atomic mass is 19.4.